The van der Waals surface area contributed by atoms with Gasteiger partial charge in [-0.25, -0.2) is 13.1 Å². The van der Waals surface area contributed by atoms with E-state index in [1.54, 1.807) is 18.2 Å². The average Bonchev–Trinajstić information content (AvgIpc) is 3.09. The number of nitrogens with one attached hydrogen (secondary N) is 2. The molecule has 8 nitrogen and oxygen atoms in total. The van der Waals surface area contributed by atoms with Crippen molar-refractivity contribution >= 4 is 27.4 Å². The molecule has 2 aromatic rings. The van der Waals surface area contributed by atoms with Gasteiger partial charge in [-0.15, -0.1) is 0 Å². The summed E-state index contributed by atoms with van der Waals surface area (Å²) in [6, 6.07) is 10.6. The summed E-state index contributed by atoms with van der Waals surface area (Å²) < 4.78 is 37.2. The molecule has 0 aliphatic carbocycles. The van der Waals surface area contributed by atoms with E-state index in [9.17, 15) is 18.0 Å². The summed E-state index contributed by atoms with van der Waals surface area (Å²) in [4.78, 5) is 23.3. The van der Waals surface area contributed by atoms with Crippen LogP contribution in [0.4, 0.5) is 5.69 Å². The molecule has 1 aliphatic rings. The highest BCUT2D eigenvalue weighted by Gasteiger charge is 2.16. The van der Waals surface area contributed by atoms with Crippen molar-refractivity contribution in [2.75, 3.05) is 18.7 Å². The number of hydrogen-bond acceptors (Lipinski definition) is 6. The number of carbonyl (C=O) groups excluding carboxylic acids is 2. The zero-order valence-electron chi connectivity index (χ0n) is 14.5. The summed E-state index contributed by atoms with van der Waals surface area (Å²) in [5.41, 5.74) is 0.962. The maximum atomic E-state index is 12.2. The first-order valence-corrected chi connectivity index (χ1v) is 9.64. The molecule has 9 heteroatoms. The quantitative estimate of drug-likeness (QED) is 0.699. The highest BCUT2D eigenvalue weighted by atomic mass is 32.2. The normalized spacial score (nSPS) is 12.6. The minimum atomic E-state index is -3.76. The molecular weight excluding hydrogens is 372 g/mol. The van der Waals surface area contributed by atoms with E-state index < -0.39 is 10.0 Å². The van der Waals surface area contributed by atoms with Crippen LogP contribution in [0.1, 0.15) is 23.7 Å². The minimum Gasteiger partial charge on any atom is -0.454 e. The molecule has 0 aromatic heterocycles. The Morgan fingerprint density at radius 3 is 2.44 bits per heavy atom. The fourth-order valence-corrected chi connectivity index (χ4v) is 3.48. The summed E-state index contributed by atoms with van der Waals surface area (Å²) >= 11 is 0. The molecule has 0 saturated heterocycles. The zero-order chi connectivity index (χ0) is 19.4. The molecule has 0 saturated carbocycles. The maximum absolute atomic E-state index is 12.2. The Labute approximate surface area is 156 Å². The number of hydrogen-bond donors (Lipinski definition) is 2. The van der Waals surface area contributed by atoms with Gasteiger partial charge < -0.3 is 14.8 Å². The summed E-state index contributed by atoms with van der Waals surface area (Å²) in [7, 11) is -3.76. The first-order chi connectivity index (χ1) is 12.8. The number of carbonyl (C=O) groups is 2. The van der Waals surface area contributed by atoms with Crippen LogP contribution in [-0.4, -0.2) is 33.4 Å². The Hall–Kier alpha value is -2.91. The van der Waals surface area contributed by atoms with Crippen molar-refractivity contribution in [2.45, 2.75) is 18.2 Å². The van der Waals surface area contributed by atoms with Crippen LogP contribution in [0.15, 0.2) is 47.4 Å². The Morgan fingerprint density at radius 2 is 1.74 bits per heavy atom. The van der Waals surface area contributed by atoms with Crippen molar-refractivity contribution in [3.05, 3.63) is 48.0 Å². The number of fused-ring (bicyclic) bond motifs is 1. The minimum absolute atomic E-state index is 0.0312. The van der Waals surface area contributed by atoms with Crippen molar-refractivity contribution in [2.24, 2.45) is 0 Å². The Bertz CT molecular complexity index is 970. The van der Waals surface area contributed by atoms with Gasteiger partial charge in [0, 0.05) is 30.3 Å². The van der Waals surface area contributed by atoms with Gasteiger partial charge in [-0.1, -0.05) is 12.1 Å². The van der Waals surface area contributed by atoms with Crippen molar-refractivity contribution in [3.63, 3.8) is 0 Å². The van der Waals surface area contributed by atoms with Crippen LogP contribution in [0.25, 0.3) is 0 Å². The summed E-state index contributed by atoms with van der Waals surface area (Å²) in [5.74, 6) is 0.662. The van der Waals surface area contributed by atoms with Crippen LogP contribution in [0.3, 0.4) is 0 Å². The Kier molecular flexibility index (Phi) is 5.43. The van der Waals surface area contributed by atoms with Crippen LogP contribution in [-0.2, 0) is 14.8 Å². The molecule has 0 spiro atoms. The van der Waals surface area contributed by atoms with Gasteiger partial charge in [-0.3, -0.25) is 9.59 Å². The molecule has 0 unspecified atom stereocenters. The number of sulfonamides is 1. The van der Waals surface area contributed by atoms with Gasteiger partial charge in [0.05, 0.1) is 4.90 Å². The molecule has 0 atom stereocenters. The van der Waals surface area contributed by atoms with Crippen molar-refractivity contribution in [3.8, 4) is 11.5 Å². The fraction of sp³-hybridized carbons (Fsp3) is 0.222. The predicted octanol–water partition coefficient (Wildman–Crippen LogP) is 1.92. The molecule has 0 fully saturated rings. The molecular formula is C18H18N2O6S. The highest BCUT2D eigenvalue weighted by Crippen LogP contribution is 2.34. The lowest BCUT2D eigenvalue weighted by atomic mass is 10.2. The zero-order valence-corrected chi connectivity index (χ0v) is 15.3. The molecule has 0 bridgehead atoms. The molecule has 1 aliphatic heterocycles. The first kappa shape index (κ1) is 18.9. The molecule has 1 amide bonds. The summed E-state index contributed by atoms with van der Waals surface area (Å²) in [6.07, 6.45) is -0.0425. The third kappa shape index (κ3) is 4.63. The van der Waals surface area contributed by atoms with Gasteiger partial charge in [0.1, 0.15) is 0 Å². The number of amides is 1. The second-order valence-electron chi connectivity index (χ2n) is 5.84. The number of benzene rings is 2. The van der Waals surface area contributed by atoms with E-state index in [1.807, 2.05) is 0 Å². The van der Waals surface area contributed by atoms with Crippen molar-refractivity contribution < 1.29 is 27.5 Å². The Balaban J connectivity index is 1.52. The highest BCUT2D eigenvalue weighted by molar-refractivity contribution is 7.89. The van der Waals surface area contributed by atoms with Crippen LogP contribution < -0.4 is 19.5 Å². The lowest BCUT2D eigenvalue weighted by Crippen LogP contribution is -2.27. The molecule has 1 heterocycles. The van der Waals surface area contributed by atoms with Crippen LogP contribution in [0, 0.1) is 0 Å². The molecule has 2 N–H and O–H groups in total. The van der Waals surface area contributed by atoms with Gasteiger partial charge in [-0.05, 0) is 31.2 Å². The standard InChI is InChI=1S/C18H18N2O6S/c1-12(21)13-2-5-15(6-3-13)27(23,24)19-9-8-18(22)20-14-4-7-16-17(10-14)26-11-25-16/h2-7,10,19H,8-9,11H2,1H3,(H,20,22). The smallest absolute Gasteiger partial charge is 0.240 e. The SMILES string of the molecule is CC(=O)c1ccc(S(=O)(=O)NCCC(=O)Nc2ccc3c(c2)OCO3)cc1. The molecule has 0 radical (unpaired) electrons. The Morgan fingerprint density at radius 1 is 1.04 bits per heavy atom. The lowest BCUT2D eigenvalue weighted by molar-refractivity contribution is -0.116. The largest absolute Gasteiger partial charge is 0.454 e. The van der Waals surface area contributed by atoms with Crippen LogP contribution >= 0.6 is 0 Å². The van der Waals surface area contributed by atoms with Gasteiger partial charge >= 0.3 is 0 Å². The van der Waals surface area contributed by atoms with E-state index in [-0.39, 0.29) is 36.3 Å². The number of anilines is 1. The third-order valence-electron chi connectivity index (χ3n) is 3.87. The van der Waals surface area contributed by atoms with Crippen LogP contribution in [0.2, 0.25) is 0 Å². The van der Waals surface area contributed by atoms with E-state index in [4.69, 9.17) is 9.47 Å². The summed E-state index contributed by atoms with van der Waals surface area (Å²) in [5, 5.41) is 2.67. The van der Waals surface area contributed by atoms with Gasteiger partial charge in [0.15, 0.2) is 17.3 Å². The maximum Gasteiger partial charge on any atom is 0.240 e. The summed E-state index contributed by atoms with van der Waals surface area (Å²) in [6.45, 7) is 1.48. The molecule has 27 heavy (non-hydrogen) atoms. The van der Waals surface area contributed by atoms with Gasteiger partial charge in [0.25, 0.3) is 0 Å². The number of rotatable bonds is 7. The third-order valence-corrected chi connectivity index (χ3v) is 5.35. The van der Waals surface area contributed by atoms with E-state index in [1.165, 1.54) is 31.2 Å². The van der Waals surface area contributed by atoms with E-state index in [2.05, 4.69) is 10.0 Å². The number of ether oxygens (including phenoxy) is 2. The van der Waals surface area contributed by atoms with E-state index >= 15 is 0 Å². The molecule has 3 rings (SSSR count). The molecule has 2 aromatic carbocycles. The average molecular weight is 390 g/mol. The van der Waals surface area contributed by atoms with Gasteiger partial charge in [0.2, 0.25) is 22.7 Å². The topological polar surface area (TPSA) is 111 Å². The number of Topliss-reactive ketones (excluding diaryl/α,β-unsaturated/α-hetero) is 1. The van der Waals surface area contributed by atoms with Crippen molar-refractivity contribution in [1.82, 2.24) is 4.72 Å². The second-order valence-corrected chi connectivity index (χ2v) is 7.61. The van der Waals surface area contributed by atoms with E-state index in [0.717, 1.165) is 0 Å². The van der Waals surface area contributed by atoms with E-state index in [0.29, 0.717) is 22.7 Å². The second kappa shape index (κ2) is 7.77. The molecule has 142 valence electrons. The first-order valence-electron chi connectivity index (χ1n) is 8.15. The number of ketones is 1. The van der Waals surface area contributed by atoms with Crippen molar-refractivity contribution in [1.29, 1.82) is 0 Å². The van der Waals surface area contributed by atoms with Gasteiger partial charge in [-0.2, -0.15) is 0 Å². The fourth-order valence-electron chi connectivity index (χ4n) is 2.45. The predicted molar refractivity (Wildman–Crippen MR) is 97.4 cm³/mol. The lowest BCUT2D eigenvalue weighted by Gasteiger charge is -2.08. The van der Waals surface area contributed by atoms with Crippen LogP contribution in [0.5, 0.6) is 11.5 Å². The monoisotopic (exact) mass is 390 g/mol.